The summed E-state index contributed by atoms with van der Waals surface area (Å²) in [5.74, 6) is 0.442. The van der Waals surface area contributed by atoms with Crippen molar-refractivity contribution in [2.45, 2.75) is 31.7 Å². The zero-order valence-corrected chi connectivity index (χ0v) is 12.7. The van der Waals surface area contributed by atoms with Gasteiger partial charge in [0.2, 0.25) is 5.91 Å². The van der Waals surface area contributed by atoms with Crippen molar-refractivity contribution >= 4 is 16.9 Å². The van der Waals surface area contributed by atoms with Crippen LogP contribution in [-0.4, -0.2) is 38.4 Å². The van der Waals surface area contributed by atoms with Crippen LogP contribution in [0, 0.1) is 5.92 Å². The SMILES string of the molecule is O=C(C1CC1)N1CCC(n2c(=O)[nH]c3ncccc3c2=O)CC1. The lowest BCUT2D eigenvalue weighted by atomic mass is 10.0. The highest BCUT2D eigenvalue weighted by Crippen LogP contribution is 2.32. The summed E-state index contributed by atoms with van der Waals surface area (Å²) in [4.78, 5) is 45.5. The molecule has 1 saturated heterocycles. The molecule has 1 amide bonds. The molecule has 0 atom stereocenters. The Hall–Kier alpha value is -2.44. The average Bonchev–Trinajstić information content (AvgIpc) is 3.40. The van der Waals surface area contributed by atoms with E-state index in [9.17, 15) is 14.4 Å². The van der Waals surface area contributed by atoms with Gasteiger partial charge in [0.1, 0.15) is 5.65 Å². The number of carbonyl (C=O) groups excluding carboxylic acids is 1. The number of hydrogen-bond donors (Lipinski definition) is 1. The molecule has 2 fully saturated rings. The number of amides is 1. The Bertz CT molecular complexity index is 873. The second-order valence-electron chi connectivity index (χ2n) is 6.34. The van der Waals surface area contributed by atoms with Gasteiger partial charge in [-0.05, 0) is 37.8 Å². The largest absolute Gasteiger partial charge is 0.342 e. The van der Waals surface area contributed by atoms with Crippen LogP contribution in [0.5, 0.6) is 0 Å². The summed E-state index contributed by atoms with van der Waals surface area (Å²) in [5.41, 5.74) is -0.405. The number of fused-ring (bicyclic) bond motifs is 1. The first-order valence-electron chi connectivity index (χ1n) is 8.03. The number of aromatic amines is 1. The maximum atomic E-state index is 12.6. The Morgan fingerprint density at radius 3 is 2.61 bits per heavy atom. The summed E-state index contributed by atoms with van der Waals surface area (Å²) in [6.45, 7) is 1.22. The van der Waals surface area contributed by atoms with Crippen LogP contribution >= 0.6 is 0 Å². The number of nitrogens with one attached hydrogen (secondary N) is 1. The van der Waals surface area contributed by atoms with E-state index in [1.54, 1.807) is 18.3 Å². The van der Waals surface area contributed by atoms with E-state index < -0.39 is 5.69 Å². The zero-order chi connectivity index (χ0) is 16.0. The molecule has 2 aromatic heterocycles. The van der Waals surface area contributed by atoms with Crippen molar-refractivity contribution in [1.82, 2.24) is 19.4 Å². The van der Waals surface area contributed by atoms with E-state index in [2.05, 4.69) is 9.97 Å². The molecule has 23 heavy (non-hydrogen) atoms. The molecule has 0 radical (unpaired) electrons. The average molecular weight is 314 g/mol. The van der Waals surface area contributed by atoms with Gasteiger partial charge in [-0.15, -0.1) is 0 Å². The van der Waals surface area contributed by atoms with Gasteiger partial charge in [-0.2, -0.15) is 0 Å². The first-order chi connectivity index (χ1) is 11.1. The van der Waals surface area contributed by atoms with Gasteiger partial charge in [0.15, 0.2) is 0 Å². The molecule has 4 rings (SSSR count). The van der Waals surface area contributed by atoms with Crippen LogP contribution in [0.25, 0.3) is 11.0 Å². The summed E-state index contributed by atoms with van der Waals surface area (Å²) < 4.78 is 1.29. The summed E-state index contributed by atoms with van der Waals surface area (Å²) >= 11 is 0. The zero-order valence-electron chi connectivity index (χ0n) is 12.7. The molecule has 0 bridgehead atoms. The number of likely N-dealkylation sites (tertiary alicyclic amines) is 1. The number of aromatic nitrogens is 3. The predicted octanol–water partition coefficient (Wildman–Crippen LogP) is 0.658. The highest BCUT2D eigenvalue weighted by Gasteiger charge is 2.35. The topological polar surface area (TPSA) is 88.1 Å². The van der Waals surface area contributed by atoms with Crippen LogP contribution in [0.1, 0.15) is 31.7 Å². The van der Waals surface area contributed by atoms with Gasteiger partial charge in [0, 0.05) is 31.2 Å². The fourth-order valence-corrected chi connectivity index (χ4v) is 3.33. The van der Waals surface area contributed by atoms with E-state index in [1.807, 2.05) is 4.90 Å². The Balaban J connectivity index is 1.62. The third-order valence-electron chi connectivity index (χ3n) is 4.77. The molecule has 120 valence electrons. The third kappa shape index (κ3) is 2.46. The van der Waals surface area contributed by atoms with Gasteiger partial charge in [0.25, 0.3) is 5.56 Å². The third-order valence-corrected chi connectivity index (χ3v) is 4.77. The van der Waals surface area contributed by atoms with Gasteiger partial charge >= 0.3 is 5.69 Å². The molecular formula is C16H18N4O3. The van der Waals surface area contributed by atoms with Crippen molar-refractivity contribution in [1.29, 1.82) is 0 Å². The summed E-state index contributed by atoms with van der Waals surface area (Å²) in [6.07, 6.45) is 4.80. The Kier molecular flexibility index (Phi) is 3.28. The normalized spacial score (nSPS) is 19.2. The molecule has 1 aliphatic carbocycles. The Morgan fingerprint density at radius 2 is 1.91 bits per heavy atom. The van der Waals surface area contributed by atoms with Crippen molar-refractivity contribution in [3.63, 3.8) is 0 Å². The predicted molar refractivity (Wildman–Crippen MR) is 84.2 cm³/mol. The van der Waals surface area contributed by atoms with E-state index in [0.717, 1.165) is 12.8 Å². The minimum atomic E-state index is -0.423. The van der Waals surface area contributed by atoms with Crippen LogP contribution in [0.3, 0.4) is 0 Å². The Labute approximate surface area is 131 Å². The van der Waals surface area contributed by atoms with Gasteiger partial charge in [-0.3, -0.25) is 19.1 Å². The molecule has 0 unspecified atom stereocenters. The van der Waals surface area contributed by atoms with Gasteiger partial charge < -0.3 is 4.90 Å². The van der Waals surface area contributed by atoms with Crippen molar-refractivity contribution in [3.05, 3.63) is 39.2 Å². The van der Waals surface area contributed by atoms with Crippen LogP contribution in [0.15, 0.2) is 27.9 Å². The lowest BCUT2D eigenvalue weighted by Crippen LogP contribution is -2.45. The summed E-state index contributed by atoms with van der Waals surface area (Å²) in [5, 5.41) is 0.420. The van der Waals surface area contributed by atoms with Crippen LogP contribution in [0.4, 0.5) is 0 Å². The quantitative estimate of drug-likeness (QED) is 0.882. The standard InChI is InChI=1S/C16H18N4O3/c21-14(10-3-4-10)19-8-5-11(6-9-19)20-15(22)12-2-1-7-17-13(12)18-16(20)23/h1-2,7,10-11H,3-6,8-9H2,(H,17,18,23). The molecular weight excluding hydrogens is 296 g/mol. The summed E-state index contributed by atoms with van der Waals surface area (Å²) in [7, 11) is 0. The van der Waals surface area contributed by atoms with Crippen LogP contribution < -0.4 is 11.2 Å². The molecule has 2 aromatic rings. The van der Waals surface area contributed by atoms with Gasteiger partial charge in [0.05, 0.1) is 5.39 Å². The van der Waals surface area contributed by atoms with Crippen molar-refractivity contribution < 1.29 is 4.79 Å². The van der Waals surface area contributed by atoms with Crippen molar-refractivity contribution in [2.75, 3.05) is 13.1 Å². The number of rotatable bonds is 2. The smallest absolute Gasteiger partial charge is 0.330 e. The van der Waals surface area contributed by atoms with E-state index >= 15 is 0 Å². The molecule has 1 saturated carbocycles. The lowest BCUT2D eigenvalue weighted by Gasteiger charge is -2.32. The number of piperidine rings is 1. The molecule has 7 nitrogen and oxygen atoms in total. The fourth-order valence-electron chi connectivity index (χ4n) is 3.33. The van der Waals surface area contributed by atoms with Crippen molar-refractivity contribution in [2.24, 2.45) is 5.92 Å². The number of carbonyl (C=O) groups is 1. The number of hydrogen-bond acceptors (Lipinski definition) is 4. The summed E-state index contributed by atoms with van der Waals surface area (Å²) in [6, 6.07) is 3.19. The van der Waals surface area contributed by atoms with Crippen LogP contribution in [-0.2, 0) is 4.79 Å². The van der Waals surface area contributed by atoms with E-state index in [0.29, 0.717) is 37.0 Å². The van der Waals surface area contributed by atoms with Gasteiger partial charge in [-0.25, -0.2) is 9.78 Å². The molecule has 2 aliphatic rings. The van der Waals surface area contributed by atoms with E-state index in [4.69, 9.17) is 0 Å². The second kappa shape index (κ2) is 5.33. The number of pyridine rings is 1. The monoisotopic (exact) mass is 314 g/mol. The number of nitrogens with zero attached hydrogens (tertiary/aromatic N) is 3. The lowest BCUT2D eigenvalue weighted by molar-refractivity contribution is -0.133. The minimum absolute atomic E-state index is 0.167. The van der Waals surface area contributed by atoms with Crippen LogP contribution in [0.2, 0.25) is 0 Å². The first kappa shape index (κ1) is 14.2. The highest BCUT2D eigenvalue weighted by atomic mass is 16.2. The Morgan fingerprint density at radius 1 is 1.17 bits per heavy atom. The van der Waals surface area contributed by atoms with Crippen molar-refractivity contribution in [3.8, 4) is 0 Å². The van der Waals surface area contributed by atoms with Gasteiger partial charge in [-0.1, -0.05) is 0 Å². The second-order valence-corrected chi connectivity index (χ2v) is 6.34. The van der Waals surface area contributed by atoms with E-state index in [1.165, 1.54) is 4.57 Å². The molecule has 3 heterocycles. The molecule has 1 N–H and O–H groups in total. The minimum Gasteiger partial charge on any atom is -0.342 e. The molecule has 0 aromatic carbocycles. The molecule has 0 spiro atoms. The maximum Gasteiger partial charge on any atom is 0.330 e. The highest BCUT2D eigenvalue weighted by molar-refractivity contribution is 5.81. The maximum absolute atomic E-state index is 12.6. The first-order valence-corrected chi connectivity index (χ1v) is 8.03. The van der Waals surface area contributed by atoms with E-state index in [-0.39, 0.29) is 23.4 Å². The molecule has 1 aliphatic heterocycles. The molecule has 7 heteroatoms. The fraction of sp³-hybridized carbons (Fsp3) is 0.500. The number of H-pyrrole nitrogens is 1.